The molecule has 82 valence electrons. The zero-order chi connectivity index (χ0) is 11.5. The molecule has 1 heterocycles. The Balaban J connectivity index is 2.68. The number of nitrogens with zero attached hydrogens (tertiary/aromatic N) is 2. The van der Waals surface area contributed by atoms with E-state index in [1.165, 1.54) is 11.8 Å². The molecule has 0 unspecified atom stereocenters. The quantitative estimate of drug-likeness (QED) is 0.776. The highest BCUT2D eigenvalue weighted by molar-refractivity contribution is 7.98. The first-order valence-corrected chi connectivity index (χ1v) is 5.77. The van der Waals surface area contributed by atoms with Crippen LogP contribution >= 0.6 is 11.8 Å². The highest BCUT2D eigenvalue weighted by Gasteiger charge is 2.06. The lowest BCUT2D eigenvalue weighted by Crippen LogP contribution is -2.35. The van der Waals surface area contributed by atoms with Crippen LogP contribution in [-0.4, -0.2) is 20.8 Å². The number of H-pyrrole nitrogens is 1. The average molecular weight is 235 g/mol. The fraction of sp³-hybridized carbons (Fsp3) is 0.100. The number of thioether (sulfide) groups is 1. The molecular weight excluding hydrogens is 226 g/mol. The molecule has 0 radical (unpaired) electrons. The molecule has 0 aliphatic heterocycles. The van der Waals surface area contributed by atoms with Gasteiger partial charge >= 0.3 is 11.4 Å². The van der Waals surface area contributed by atoms with Crippen molar-refractivity contribution in [2.75, 3.05) is 6.26 Å². The van der Waals surface area contributed by atoms with Crippen LogP contribution < -0.4 is 11.4 Å². The van der Waals surface area contributed by atoms with E-state index in [1.54, 1.807) is 30.5 Å². The smallest absolute Gasteiger partial charge is 0.286 e. The molecule has 0 fully saturated rings. The Labute approximate surface area is 95.2 Å². The molecule has 2 aromatic rings. The number of nitrogens with one attached hydrogen (secondary N) is 1. The van der Waals surface area contributed by atoms with Crippen LogP contribution in [-0.2, 0) is 0 Å². The van der Waals surface area contributed by atoms with Gasteiger partial charge in [-0.25, -0.2) is 14.2 Å². The maximum atomic E-state index is 11.7. The molecule has 1 aromatic carbocycles. The number of para-hydroxylation sites is 1. The van der Waals surface area contributed by atoms with E-state index in [9.17, 15) is 9.59 Å². The van der Waals surface area contributed by atoms with Gasteiger partial charge in [-0.3, -0.25) is 4.98 Å². The second kappa shape index (κ2) is 4.36. The van der Waals surface area contributed by atoms with Crippen molar-refractivity contribution in [2.45, 2.75) is 5.16 Å². The maximum Gasteiger partial charge on any atom is 0.358 e. The van der Waals surface area contributed by atoms with E-state index in [1.807, 2.05) is 6.07 Å². The second-order valence-electron chi connectivity index (χ2n) is 3.00. The molecule has 0 aliphatic carbocycles. The zero-order valence-electron chi connectivity index (χ0n) is 8.51. The average Bonchev–Trinajstić information content (AvgIpc) is 2.29. The molecule has 0 aliphatic rings. The third-order valence-electron chi connectivity index (χ3n) is 2.01. The van der Waals surface area contributed by atoms with E-state index in [0.29, 0.717) is 10.8 Å². The minimum Gasteiger partial charge on any atom is -0.286 e. The molecular formula is C10H9N3O2S. The van der Waals surface area contributed by atoms with Crippen LogP contribution in [0.15, 0.2) is 45.1 Å². The third kappa shape index (κ3) is 1.92. The van der Waals surface area contributed by atoms with Crippen LogP contribution in [0.25, 0.3) is 5.69 Å². The van der Waals surface area contributed by atoms with Crippen molar-refractivity contribution < 1.29 is 0 Å². The van der Waals surface area contributed by atoms with Crippen LogP contribution in [0.4, 0.5) is 0 Å². The van der Waals surface area contributed by atoms with Crippen molar-refractivity contribution in [3.05, 3.63) is 51.3 Å². The molecule has 2 rings (SSSR count). The van der Waals surface area contributed by atoms with Gasteiger partial charge in [0.1, 0.15) is 0 Å². The lowest BCUT2D eigenvalue weighted by Gasteiger charge is -2.03. The standard InChI is InChI=1S/C10H9N3O2S/c1-16-8-11-9(14)13(10(15)12-8)7-5-3-2-4-6-7/h2-6H,1H3,(H,11,12,14,15). The summed E-state index contributed by atoms with van der Waals surface area (Å²) in [6.07, 6.45) is 1.74. The van der Waals surface area contributed by atoms with Crippen molar-refractivity contribution >= 4 is 11.8 Å². The van der Waals surface area contributed by atoms with Gasteiger partial charge in [0, 0.05) is 0 Å². The highest BCUT2D eigenvalue weighted by Crippen LogP contribution is 2.03. The van der Waals surface area contributed by atoms with Crippen LogP contribution in [0.5, 0.6) is 0 Å². The third-order valence-corrected chi connectivity index (χ3v) is 2.59. The van der Waals surface area contributed by atoms with Crippen molar-refractivity contribution in [1.82, 2.24) is 14.5 Å². The van der Waals surface area contributed by atoms with Crippen molar-refractivity contribution in [1.29, 1.82) is 0 Å². The van der Waals surface area contributed by atoms with Crippen molar-refractivity contribution in [3.63, 3.8) is 0 Å². The van der Waals surface area contributed by atoms with Gasteiger partial charge in [-0.2, -0.15) is 4.98 Å². The highest BCUT2D eigenvalue weighted by atomic mass is 32.2. The molecule has 16 heavy (non-hydrogen) atoms. The number of benzene rings is 1. The molecule has 0 bridgehead atoms. The zero-order valence-corrected chi connectivity index (χ0v) is 9.32. The number of aromatic nitrogens is 3. The first kappa shape index (κ1) is 10.7. The minimum atomic E-state index is -0.570. The molecule has 5 nitrogen and oxygen atoms in total. The Morgan fingerprint density at radius 3 is 2.50 bits per heavy atom. The number of hydrogen-bond acceptors (Lipinski definition) is 4. The van der Waals surface area contributed by atoms with Crippen LogP contribution in [0, 0.1) is 0 Å². The predicted octanol–water partition coefficient (Wildman–Crippen LogP) is 0.643. The summed E-state index contributed by atoms with van der Waals surface area (Å²) in [6, 6.07) is 8.67. The Morgan fingerprint density at radius 1 is 1.25 bits per heavy atom. The van der Waals surface area contributed by atoms with Gasteiger partial charge in [-0.1, -0.05) is 30.0 Å². The van der Waals surface area contributed by atoms with E-state index in [4.69, 9.17) is 0 Å². The number of hydrogen-bond donors (Lipinski definition) is 1. The Bertz CT molecular complexity index is 572. The lowest BCUT2D eigenvalue weighted by atomic mass is 10.3. The predicted molar refractivity (Wildman–Crippen MR) is 62.2 cm³/mol. The summed E-state index contributed by atoms with van der Waals surface area (Å²) >= 11 is 1.22. The summed E-state index contributed by atoms with van der Waals surface area (Å²) in [5, 5.41) is 0.321. The number of rotatable bonds is 2. The molecule has 0 atom stereocenters. The van der Waals surface area contributed by atoms with Gasteiger partial charge in [0.15, 0.2) is 5.16 Å². The van der Waals surface area contributed by atoms with E-state index in [-0.39, 0.29) is 0 Å². The van der Waals surface area contributed by atoms with Gasteiger partial charge in [0.25, 0.3) is 0 Å². The normalized spacial score (nSPS) is 10.3. The summed E-state index contributed by atoms with van der Waals surface area (Å²) < 4.78 is 1.000. The number of aromatic amines is 1. The van der Waals surface area contributed by atoms with Gasteiger partial charge < -0.3 is 0 Å². The summed E-state index contributed by atoms with van der Waals surface area (Å²) in [7, 11) is 0. The van der Waals surface area contributed by atoms with Gasteiger partial charge in [0.2, 0.25) is 0 Å². The topological polar surface area (TPSA) is 67.8 Å². The first-order chi connectivity index (χ1) is 7.72. The SMILES string of the molecule is CSc1nc(=O)n(-c2ccccc2)c(=O)[nH]1. The lowest BCUT2D eigenvalue weighted by molar-refractivity contribution is 0.743. The summed E-state index contributed by atoms with van der Waals surface area (Å²) in [5.74, 6) is 0. The summed E-state index contributed by atoms with van der Waals surface area (Å²) in [5.41, 5.74) is -0.538. The summed E-state index contributed by atoms with van der Waals surface area (Å²) in [4.78, 5) is 29.6. The fourth-order valence-corrected chi connectivity index (χ4v) is 1.66. The minimum absolute atomic E-state index is 0.321. The first-order valence-electron chi connectivity index (χ1n) is 4.55. The molecule has 0 saturated carbocycles. The van der Waals surface area contributed by atoms with E-state index in [2.05, 4.69) is 9.97 Å². The van der Waals surface area contributed by atoms with Crippen molar-refractivity contribution in [3.8, 4) is 5.69 Å². The molecule has 0 saturated heterocycles. The maximum absolute atomic E-state index is 11.7. The van der Waals surface area contributed by atoms with Crippen LogP contribution in [0.2, 0.25) is 0 Å². The molecule has 0 amide bonds. The van der Waals surface area contributed by atoms with Crippen LogP contribution in [0.3, 0.4) is 0 Å². The Kier molecular flexibility index (Phi) is 2.91. The van der Waals surface area contributed by atoms with E-state index >= 15 is 0 Å². The Morgan fingerprint density at radius 2 is 1.94 bits per heavy atom. The molecule has 1 N–H and O–H groups in total. The fourth-order valence-electron chi connectivity index (χ4n) is 1.30. The molecule has 1 aromatic heterocycles. The summed E-state index contributed by atoms with van der Waals surface area (Å²) in [6.45, 7) is 0. The molecule has 0 spiro atoms. The van der Waals surface area contributed by atoms with Crippen molar-refractivity contribution in [2.24, 2.45) is 0 Å². The van der Waals surface area contributed by atoms with E-state index in [0.717, 1.165) is 4.57 Å². The van der Waals surface area contributed by atoms with Gasteiger partial charge in [-0.05, 0) is 18.4 Å². The largest absolute Gasteiger partial charge is 0.358 e. The van der Waals surface area contributed by atoms with E-state index < -0.39 is 11.4 Å². The van der Waals surface area contributed by atoms with Gasteiger partial charge in [0.05, 0.1) is 5.69 Å². The molecule has 6 heteroatoms. The second-order valence-corrected chi connectivity index (χ2v) is 3.80. The monoisotopic (exact) mass is 235 g/mol. The van der Waals surface area contributed by atoms with Gasteiger partial charge in [-0.15, -0.1) is 0 Å². The van der Waals surface area contributed by atoms with Crippen LogP contribution in [0.1, 0.15) is 0 Å². The Hall–Kier alpha value is -1.82.